The monoisotopic (exact) mass is 282 g/mol. The van der Waals surface area contributed by atoms with E-state index in [2.05, 4.69) is 23.1 Å². The molecule has 2 rings (SSSR count). The molecule has 6 heteroatoms. The average Bonchev–Trinajstić information content (AvgIpc) is 2.73. The van der Waals surface area contributed by atoms with Crippen LogP contribution in [-0.4, -0.2) is 29.9 Å². The van der Waals surface area contributed by atoms with Gasteiger partial charge in [0, 0.05) is 21.6 Å². The molecule has 0 unspecified atom stereocenters. The van der Waals surface area contributed by atoms with Crippen LogP contribution in [0.4, 0.5) is 0 Å². The normalized spacial score (nSPS) is 11.6. The predicted molar refractivity (Wildman–Crippen MR) is 75.4 cm³/mol. The SMILES string of the molecule is C[Si](C)CCCOCn1ccc2c(Cl)ncnc21. The molecule has 0 aliphatic heterocycles. The molecule has 0 aliphatic carbocycles. The van der Waals surface area contributed by atoms with E-state index >= 15 is 0 Å². The first kappa shape index (κ1) is 13.5. The third kappa shape index (κ3) is 3.31. The van der Waals surface area contributed by atoms with E-state index in [9.17, 15) is 0 Å². The second-order valence-electron chi connectivity index (χ2n) is 4.54. The molecule has 1 radical (unpaired) electrons. The fourth-order valence-corrected chi connectivity index (χ4v) is 2.81. The van der Waals surface area contributed by atoms with E-state index in [4.69, 9.17) is 16.3 Å². The molecule has 0 fully saturated rings. The average molecular weight is 283 g/mol. The highest BCUT2D eigenvalue weighted by molar-refractivity contribution is 6.55. The van der Waals surface area contributed by atoms with E-state index in [0.717, 1.165) is 24.1 Å². The van der Waals surface area contributed by atoms with Gasteiger partial charge in [-0.3, -0.25) is 0 Å². The Morgan fingerprint density at radius 2 is 2.22 bits per heavy atom. The quantitative estimate of drug-likeness (QED) is 0.464. The Labute approximate surface area is 114 Å². The summed E-state index contributed by atoms with van der Waals surface area (Å²) in [6.07, 6.45) is 4.54. The molecule has 0 atom stereocenters. The summed E-state index contributed by atoms with van der Waals surface area (Å²) in [4.78, 5) is 8.17. The number of ether oxygens (including phenoxy) is 1. The van der Waals surface area contributed by atoms with Crippen LogP contribution in [-0.2, 0) is 11.5 Å². The van der Waals surface area contributed by atoms with Gasteiger partial charge < -0.3 is 9.30 Å². The van der Waals surface area contributed by atoms with E-state index in [1.807, 2.05) is 16.8 Å². The van der Waals surface area contributed by atoms with Crippen molar-refractivity contribution in [1.29, 1.82) is 0 Å². The maximum absolute atomic E-state index is 5.99. The van der Waals surface area contributed by atoms with Crippen LogP contribution >= 0.6 is 11.6 Å². The van der Waals surface area contributed by atoms with Crippen molar-refractivity contribution >= 4 is 31.4 Å². The van der Waals surface area contributed by atoms with Crippen LogP contribution in [0.5, 0.6) is 0 Å². The lowest BCUT2D eigenvalue weighted by Crippen LogP contribution is -2.06. The maximum atomic E-state index is 5.99. The first-order chi connectivity index (χ1) is 8.68. The Balaban J connectivity index is 1.90. The molecule has 0 spiro atoms. The highest BCUT2D eigenvalue weighted by Crippen LogP contribution is 2.19. The van der Waals surface area contributed by atoms with Crippen molar-refractivity contribution in [3.8, 4) is 0 Å². The van der Waals surface area contributed by atoms with Crippen LogP contribution in [0, 0.1) is 0 Å². The lowest BCUT2D eigenvalue weighted by molar-refractivity contribution is 0.0800. The summed E-state index contributed by atoms with van der Waals surface area (Å²) in [5.74, 6) is 0. The second kappa shape index (κ2) is 6.31. The minimum Gasteiger partial charge on any atom is -0.361 e. The summed E-state index contributed by atoms with van der Waals surface area (Å²) in [6.45, 7) is 5.97. The number of fused-ring (bicyclic) bond motifs is 1. The van der Waals surface area contributed by atoms with E-state index in [1.165, 1.54) is 12.4 Å². The molecule has 4 nitrogen and oxygen atoms in total. The van der Waals surface area contributed by atoms with Gasteiger partial charge in [0.15, 0.2) is 0 Å². The summed E-state index contributed by atoms with van der Waals surface area (Å²) >= 11 is 5.99. The molecule has 0 amide bonds. The number of halogens is 1. The number of aromatic nitrogens is 3. The minimum absolute atomic E-state index is 0.133. The van der Waals surface area contributed by atoms with Crippen molar-refractivity contribution < 1.29 is 4.74 Å². The van der Waals surface area contributed by atoms with Crippen molar-refractivity contribution in [3.63, 3.8) is 0 Å². The van der Waals surface area contributed by atoms with Gasteiger partial charge in [-0.05, 0) is 12.5 Å². The smallest absolute Gasteiger partial charge is 0.146 e. The zero-order chi connectivity index (χ0) is 13.0. The summed E-state index contributed by atoms with van der Waals surface area (Å²) in [5.41, 5.74) is 0.825. The molecule has 2 heterocycles. The second-order valence-corrected chi connectivity index (χ2v) is 7.81. The van der Waals surface area contributed by atoms with Crippen molar-refractivity contribution in [2.45, 2.75) is 32.3 Å². The Kier molecular flexibility index (Phi) is 4.74. The standard InChI is InChI=1S/C12H17ClN3OSi/c1-18(2)7-3-6-17-9-16-5-4-10-11(13)14-8-15-12(10)16/h4-5,8H,3,6-7,9H2,1-2H3. The number of hydrogen-bond donors (Lipinski definition) is 0. The fourth-order valence-electron chi connectivity index (χ4n) is 1.77. The van der Waals surface area contributed by atoms with Crippen LogP contribution in [0.2, 0.25) is 24.3 Å². The van der Waals surface area contributed by atoms with Gasteiger partial charge in [0.2, 0.25) is 0 Å². The lowest BCUT2D eigenvalue weighted by atomic mass is 10.4. The molecule has 2 aromatic rings. The molecule has 2 aromatic heterocycles. The third-order valence-electron chi connectivity index (χ3n) is 2.70. The van der Waals surface area contributed by atoms with Crippen molar-refractivity contribution in [2.75, 3.05) is 6.61 Å². The fraction of sp³-hybridized carbons (Fsp3) is 0.500. The Bertz CT molecular complexity index is 515. The zero-order valence-corrected chi connectivity index (χ0v) is 12.4. The summed E-state index contributed by atoms with van der Waals surface area (Å²) in [7, 11) is -0.133. The van der Waals surface area contributed by atoms with Crippen molar-refractivity contribution in [1.82, 2.24) is 14.5 Å². The number of nitrogens with zero attached hydrogens (tertiary/aromatic N) is 3. The maximum Gasteiger partial charge on any atom is 0.146 e. The lowest BCUT2D eigenvalue weighted by Gasteiger charge is -2.07. The molecular weight excluding hydrogens is 266 g/mol. The van der Waals surface area contributed by atoms with Gasteiger partial charge in [0.25, 0.3) is 0 Å². The number of rotatable bonds is 6. The Morgan fingerprint density at radius 1 is 1.39 bits per heavy atom. The van der Waals surface area contributed by atoms with Crippen LogP contribution in [0.15, 0.2) is 18.6 Å². The summed E-state index contributed by atoms with van der Waals surface area (Å²) in [5, 5.41) is 1.36. The van der Waals surface area contributed by atoms with Gasteiger partial charge in [-0.1, -0.05) is 30.7 Å². The first-order valence-corrected chi connectivity index (χ1v) is 9.09. The minimum atomic E-state index is -0.133. The topological polar surface area (TPSA) is 39.9 Å². The molecule has 0 aromatic carbocycles. The van der Waals surface area contributed by atoms with Gasteiger partial charge in [-0.15, -0.1) is 0 Å². The molecule has 0 aliphatic rings. The van der Waals surface area contributed by atoms with Crippen LogP contribution < -0.4 is 0 Å². The van der Waals surface area contributed by atoms with E-state index < -0.39 is 0 Å². The van der Waals surface area contributed by atoms with Gasteiger partial charge in [0.05, 0.1) is 5.39 Å². The molecule has 0 saturated carbocycles. The van der Waals surface area contributed by atoms with Crippen molar-refractivity contribution in [2.24, 2.45) is 0 Å². The molecule has 0 saturated heterocycles. The summed E-state index contributed by atoms with van der Waals surface area (Å²) in [6, 6.07) is 3.21. The van der Waals surface area contributed by atoms with Crippen LogP contribution in [0.1, 0.15) is 6.42 Å². The van der Waals surface area contributed by atoms with Gasteiger partial charge in [-0.2, -0.15) is 0 Å². The van der Waals surface area contributed by atoms with Gasteiger partial charge >= 0.3 is 0 Å². The van der Waals surface area contributed by atoms with E-state index in [0.29, 0.717) is 11.9 Å². The van der Waals surface area contributed by atoms with Crippen molar-refractivity contribution in [3.05, 3.63) is 23.7 Å². The van der Waals surface area contributed by atoms with Crippen LogP contribution in [0.3, 0.4) is 0 Å². The van der Waals surface area contributed by atoms with Crippen LogP contribution in [0.25, 0.3) is 11.0 Å². The van der Waals surface area contributed by atoms with E-state index in [1.54, 1.807) is 0 Å². The molecule has 0 bridgehead atoms. The van der Waals surface area contributed by atoms with Gasteiger partial charge in [0.1, 0.15) is 23.9 Å². The Hall–Kier alpha value is -0.913. The molecule has 18 heavy (non-hydrogen) atoms. The number of hydrogen-bond acceptors (Lipinski definition) is 3. The highest BCUT2D eigenvalue weighted by Gasteiger charge is 2.06. The molecular formula is C12H17ClN3OSi. The largest absolute Gasteiger partial charge is 0.361 e. The first-order valence-electron chi connectivity index (χ1n) is 6.00. The summed E-state index contributed by atoms with van der Waals surface area (Å²) < 4.78 is 7.60. The molecule has 0 N–H and O–H groups in total. The molecule has 97 valence electrons. The van der Waals surface area contributed by atoms with Gasteiger partial charge in [-0.25, -0.2) is 9.97 Å². The predicted octanol–water partition coefficient (Wildman–Crippen LogP) is 3.20. The Morgan fingerprint density at radius 3 is 3.00 bits per heavy atom. The highest BCUT2D eigenvalue weighted by atomic mass is 35.5. The zero-order valence-electron chi connectivity index (χ0n) is 10.7. The van der Waals surface area contributed by atoms with E-state index in [-0.39, 0.29) is 8.80 Å². The third-order valence-corrected chi connectivity index (χ3v) is 4.36.